The maximum atomic E-state index is 13.5. The number of benzene rings is 3. The van der Waals surface area contributed by atoms with E-state index in [1.165, 1.54) is 10.2 Å². The summed E-state index contributed by atoms with van der Waals surface area (Å²) in [5.74, 6) is 0.290. The molecule has 170 valence electrons. The van der Waals surface area contributed by atoms with Gasteiger partial charge in [0.05, 0.1) is 13.3 Å². The van der Waals surface area contributed by atoms with Gasteiger partial charge >= 0.3 is 0 Å². The minimum atomic E-state index is -0.344. The summed E-state index contributed by atoms with van der Waals surface area (Å²) in [6, 6.07) is 23.2. The Kier molecular flexibility index (Phi) is 5.59. The molecule has 7 nitrogen and oxygen atoms in total. The average molecular weight is 453 g/mol. The van der Waals surface area contributed by atoms with Gasteiger partial charge < -0.3 is 14.6 Å². The van der Waals surface area contributed by atoms with Crippen LogP contribution >= 0.6 is 0 Å². The molecule has 0 aliphatic carbocycles. The minimum Gasteiger partial charge on any atom is -0.497 e. The monoisotopic (exact) mass is 452 g/mol. The maximum absolute atomic E-state index is 13.5. The van der Waals surface area contributed by atoms with Crippen LogP contribution in [0.25, 0.3) is 21.8 Å². The number of nitrogens with zero attached hydrogens (tertiary/aromatic N) is 3. The summed E-state index contributed by atoms with van der Waals surface area (Å²) in [6.07, 6.45) is 1.67. The van der Waals surface area contributed by atoms with E-state index < -0.39 is 0 Å². The second kappa shape index (κ2) is 8.86. The highest BCUT2D eigenvalue weighted by molar-refractivity contribution is 6.07. The number of fused-ring (bicyclic) bond motifs is 3. The molecule has 0 bridgehead atoms. The number of hydrogen-bond donors (Lipinski definition) is 1. The largest absolute Gasteiger partial charge is 0.497 e. The van der Waals surface area contributed by atoms with Crippen LogP contribution in [-0.4, -0.2) is 27.4 Å². The first kappa shape index (κ1) is 21.5. The smallest absolute Gasteiger partial charge is 0.291 e. The number of anilines is 1. The van der Waals surface area contributed by atoms with Crippen LogP contribution < -0.4 is 15.6 Å². The molecule has 0 unspecified atom stereocenters. The molecule has 0 saturated heterocycles. The molecule has 0 saturated carbocycles. The van der Waals surface area contributed by atoms with E-state index in [1.54, 1.807) is 37.6 Å². The first-order valence-electron chi connectivity index (χ1n) is 11.0. The molecule has 1 amide bonds. The van der Waals surface area contributed by atoms with Crippen LogP contribution in [0.5, 0.6) is 5.75 Å². The zero-order chi connectivity index (χ0) is 23.7. The van der Waals surface area contributed by atoms with Crippen molar-refractivity contribution >= 4 is 33.4 Å². The SMILES string of the molecule is COc1cccc(NC(=O)Cn2ncc3c4ccccc4n(Cc4ccc(C)cc4)c3c2=O)c1. The predicted octanol–water partition coefficient (Wildman–Crippen LogP) is 4.36. The van der Waals surface area contributed by atoms with Gasteiger partial charge in [0.1, 0.15) is 17.8 Å². The summed E-state index contributed by atoms with van der Waals surface area (Å²) in [4.78, 5) is 26.2. The fourth-order valence-electron chi connectivity index (χ4n) is 4.18. The van der Waals surface area contributed by atoms with Gasteiger partial charge in [0.25, 0.3) is 5.56 Å². The molecular weight excluding hydrogens is 428 g/mol. The summed E-state index contributed by atoms with van der Waals surface area (Å²) in [7, 11) is 1.56. The summed E-state index contributed by atoms with van der Waals surface area (Å²) in [6.45, 7) is 2.39. The highest BCUT2D eigenvalue weighted by Gasteiger charge is 2.17. The third-order valence-corrected chi connectivity index (χ3v) is 5.88. The number of ether oxygens (including phenoxy) is 1. The molecule has 5 aromatic rings. The number of rotatable bonds is 6. The highest BCUT2D eigenvalue weighted by Crippen LogP contribution is 2.27. The molecule has 34 heavy (non-hydrogen) atoms. The topological polar surface area (TPSA) is 78.2 Å². The first-order valence-corrected chi connectivity index (χ1v) is 11.0. The van der Waals surface area contributed by atoms with E-state index in [0.29, 0.717) is 23.5 Å². The van der Waals surface area contributed by atoms with E-state index in [2.05, 4.69) is 34.7 Å². The molecule has 2 aromatic heterocycles. The van der Waals surface area contributed by atoms with Gasteiger partial charge in [-0.25, -0.2) is 4.68 Å². The standard InChI is InChI=1S/C27H24N4O3/c1-18-10-12-19(13-11-18)16-30-24-9-4-3-8-22(24)23-15-28-31(27(33)26(23)30)17-25(32)29-20-6-5-7-21(14-20)34-2/h3-15H,16-17H2,1-2H3,(H,29,32). The fourth-order valence-corrected chi connectivity index (χ4v) is 4.18. The van der Waals surface area contributed by atoms with E-state index in [1.807, 2.05) is 35.8 Å². The average Bonchev–Trinajstić information content (AvgIpc) is 3.16. The van der Waals surface area contributed by atoms with Gasteiger partial charge in [-0.3, -0.25) is 9.59 Å². The molecule has 0 aliphatic heterocycles. The molecule has 0 atom stereocenters. The third kappa shape index (κ3) is 4.03. The number of nitrogens with one attached hydrogen (secondary N) is 1. The van der Waals surface area contributed by atoms with Crippen LogP contribution in [0.4, 0.5) is 5.69 Å². The molecule has 2 heterocycles. The minimum absolute atomic E-state index is 0.196. The number of para-hydroxylation sites is 1. The normalized spacial score (nSPS) is 11.1. The summed E-state index contributed by atoms with van der Waals surface area (Å²) < 4.78 is 8.42. The van der Waals surface area contributed by atoms with Crippen molar-refractivity contribution in [2.24, 2.45) is 0 Å². The Morgan fingerprint density at radius 1 is 1.00 bits per heavy atom. The quantitative estimate of drug-likeness (QED) is 0.415. The van der Waals surface area contributed by atoms with Crippen molar-refractivity contribution in [3.8, 4) is 5.75 Å². The lowest BCUT2D eigenvalue weighted by Crippen LogP contribution is -2.30. The molecule has 0 fully saturated rings. The molecule has 0 radical (unpaired) electrons. The van der Waals surface area contributed by atoms with Crippen LogP contribution in [0.2, 0.25) is 0 Å². The number of amides is 1. The zero-order valence-electron chi connectivity index (χ0n) is 19.0. The van der Waals surface area contributed by atoms with Gasteiger partial charge in [-0.05, 0) is 30.7 Å². The van der Waals surface area contributed by atoms with Crippen molar-refractivity contribution < 1.29 is 9.53 Å². The van der Waals surface area contributed by atoms with Crippen molar-refractivity contribution in [3.05, 3.63) is 100 Å². The molecule has 0 spiro atoms. The molecule has 5 rings (SSSR count). The summed E-state index contributed by atoms with van der Waals surface area (Å²) in [5.41, 5.74) is 4.04. The fraction of sp³-hybridized carbons (Fsp3) is 0.148. The Bertz CT molecular complexity index is 1570. The van der Waals surface area contributed by atoms with Crippen LogP contribution in [0.1, 0.15) is 11.1 Å². The van der Waals surface area contributed by atoms with Crippen molar-refractivity contribution in [1.29, 1.82) is 0 Å². The van der Waals surface area contributed by atoms with Crippen LogP contribution in [0.3, 0.4) is 0 Å². The van der Waals surface area contributed by atoms with Crippen LogP contribution in [-0.2, 0) is 17.9 Å². The number of carbonyl (C=O) groups is 1. The Labute approximate surface area is 196 Å². The van der Waals surface area contributed by atoms with Crippen molar-refractivity contribution in [3.63, 3.8) is 0 Å². The lowest BCUT2D eigenvalue weighted by Gasteiger charge is -2.10. The number of aryl methyl sites for hydroxylation is 1. The Morgan fingerprint density at radius 3 is 2.59 bits per heavy atom. The van der Waals surface area contributed by atoms with E-state index in [0.717, 1.165) is 21.9 Å². The molecule has 1 N–H and O–H groups in total. The number of aromatic nitrogens is 3. The molecular formula is C27H24N4O3. The molecule has 3 aromatic carbocycles. The van der Waals surface area contributed by atoms with E-state index in [9.17, 15) is 9.59 Å². The van der Waals surface area contributed by atoms with Gasteiger partial charge in [-0.15, -0.1) is 0 Å². The van der Waals surface area contributed by atoms with Crippen LogP contribution in [0, 0.1) is 6.92 Å². The van der Waals surface area contributed by atoms with E-state index >= 15 is 0 Å². The third-order valence-electron chi connectivity index (χ3n) is 5.88. The second-order valence-corrected chi connectivity index (χ2v) is 8.24. The second-order valence-electron chi connectivity index (χ2n) is 8.24. The number of carbonyl (C=O) groups excluding carboxylic acids is 1. The Hall–Kier alpha value is -4.39. The predicted molar refractivity (Wildman–Crippen MR) is 133 cm³/mol. The van der Waals surface area contributed by atoms with Crippen LogP contribution in [0.15, 0.2) is 83.8 Å². The Balaban J connectivity index is 1.53. The molecule has 0 aliphatic rings. The number of methoxy groups -OCH3 is 1. The van der Waals surface area contributed by atoms with E-state index in [-0.39, 0.29) is 18.0 Å². The highest BCUT2D eigenvalue weighted by atomic mass is 16.5. The van der Waals surface area contributed by atoms with Gasteiger partial charge in [0, 0.05) is 34.6 Å². The maximum Gasteiger partial charge on any atom is 0.291 e. The zero-order valence-corrected chi connectivity index (χ0v) is 19.0. The van der Waals surface area contributed by atoms with Crippen molar-refractivity contribution in [2.75, 3.05) is 12.4 Å². The van der Waals surface area contributed by atoms with Gasteiger partial charge in [-0.2, -0.15) is 5.10 Å². The first-order chi connectivity index (χ1) is 16.5. The van der Waals surface area contributed by atoms with Gasteiger partial charge in [0.15, 0.2) is 0 Å². The summed E-state index contributed by atoms with van der Waals surface area (Å²) in [5, 5.41) is 8.85. The van der Waals surface area contributed by atoms with Gasteiger partial charge in [-0.1, -0.05) is 54.1 Å². The lowest BCUT2D eigenvalue weighted by molar-refractivity contribution is -0.117. The van der Waals surface area contributed by atoms with Crippen molar-refractivity contribution in [1.82, 2.24) is 14.3 Å². The molecule has 7 heteroatoms. The Morgan fingerprint density at radius 2 is 1.79 bits per heavy atom. The van der Waals surface area contributed by atoms with E-state index in [4.69, 9.17) is 4.74 Å². The van der Waals surface area contributed by atoms with Gasteiger partial charge in [0.2, 0.25) is 5.91 Å². The number of hydrogen-bond acceptors (Lipinski definition) is 4. The lowest BCUT2D eigenvalue weighted by atomic mass is 10.1. The summed E-state index contributed by atoms with van der Waals surface area (Å²) >= 11 is 0. The van der Waals surface area contributed by atoms with Crippen molar-refractivity contribution in [2.45, 2.75) is 20.0 Å².